The van der Waals surface area contributed by atoms with E-state index in [0.29, 0.717) is 17.3 Å². The summed E-state index contributed by atoms with van der Waals surface area (Å²) >= 11 is 0. The lowest BCUT2D eigenvalue weighted by Gasteiger charge is -2.32. The lowest BCUT2D eigenvalue weighted by Crippen LogP contribution is -2.47. The van der Waals surface area contributed by atoms with Gasteiger partial charge < -0.3 is 10.1 Å². The number of ether oxygens (including phenoxy) is 1. The smallest absolute Gasteiger partial charge is 0.275 e. The third kappa shape index (κ3) is 3.50. The lowest BCUT2D eigenvalue weighted by molar-refractivity contribution is -0.133. The van der Waals surface area contributed by atoms with Gasteiger partial charge in [0, 0.05) is 6.20 Å². The molecule has 2 atom stereocenters. The number of aryl methyl sites for hydroxylation is 1. The quantitative estimate of drug-likeness (QED) is 0.932. The molecule has 2 heterocycles. The highest BCUT2D eigenvalue weighted by Crippen LogP contribution is 2.33. The Morgan fingerprint density at radius 1 is 1.38 bits per heavy atom. The van der Waals surface area contributed by atoms with Gasteiger partial charge in [-0.3, -0.25) is 4.79 Å². The molecule has 1 N–H and O–H groups in total. The molecule has 0 saturated carbocycles. The number of nitrogens with one attached hydrogen (secondary N) is 1. The maximum Gasteiger partial charge on any atom is 0.275 e. The van der Waals surface area contributed by atoms with Crippen molar-refractivity contribution in [3.63, 3.8) is 0 Å². The van der Waals surface area contributed by atoms with Crippen LogP contribution in [-0.4, -0.2) is 28.4 Å². The van der Waals surface area contributed by atoms with Gasteiger partial charge in [-0.05, 0) is 31.0 Å². The molecule has 2 aromatic rings. The third-order valence-corrected chi connectivity index (χ3v) is 3.93. The van der Waals surface area contributed by atoms with Crippen LogP contribution in [0, 0.1) is 12.8 Å². The van der Waals surface area contributed by atoms with Crippen molar-refractivity contribution in [2.75, 3.05) is 0 Å². The molecule has 1 aliphatic rings. The minimum absolute atomic E-state index is 0.163. The zero-order chi connectivity index (χ0) is 17.1. The SMILES string of the molecule is Cc1nccc(CNC(=O)[C@@H]2Cc3ccccc3O[C@H]2C(F)F)n1. The number of para-hydroxylation sites is 1. The van der Waals surface area contributed by atoms with E-state index in [0.717, 1.165) is 5.56 Å². The number of nitrogens with zero attached hydrogens (tertiary/aromatic N) is 2. The van der Waals surface area contributed by atoms with Crippen LogP contribution < -0.4 is 10.1 Å². The van der Waals surface area contributed by atoms with Crippen molar-refractivity contribution >= 4 is 5.91 Å². The van der Waals surface area contributed by atoms with Gasteiger partial charge in [-0.2, -0.15) is 0 Å². The maximum atomic E-state index is 13.3. The first kappa shape index (κ1) is 16.3. The molecule has 0 unspecified atom stereocenters. The third-order valence-electron chi connectivity index (χ3n) is 3.93. The average molecular weight is 333 g/mol. The number of amides is 1. The predicted octanol–water partition coefficient (Wildman–Crippen LogP) is 2.29. The van der Waals surface area contributed by atoms with E-state index < -0.39 is 24.4 Å². The Kier molecular flexibility index (Phi) is 4.69. The van der Waals surface area contributed by atoms with Gasteiger partial charge in [0.1, 0.15) is 11.6 Å². The minimum Gasteiger partial charge on any atom is -0.483 e. The largest absolute Gasteiger partial charge is 0.483 e. The number of halogens is 2. The van der Waals surface area contributed by atoms with Gasteiger partial charge in [0.05, 0.1) is 18.2 Å². The molecule has 0 spiro atoms. The molecule has 1 aromatic heterocycles. The van der Waals surface area contributed by atoms with Crippen LogP contribution in [0.2, 0.25) is 0 Å². The van der Waals surface area contributed by atoms with Crippen molar-refractivity contribution in [2.45, 2.75) is 32.4 Å². The van der Waals surface area contributed by atoms with Gasteiger partial charge in [0.2, 0.25) is 5.91 Å². The van der Waals surface area contributed by atoms with E-state index >= 15 is 0 Å². The van der Waals surface area contributed by atoms with Crippen LogP contribution in [0.3, 0.4) is 0 Å². The van der Waals surface area contributed by atoms with E-state index in [-0.39, 0.29) is 13.0 Å². The Labute approximate surface area is 138 Å². The summed E-state index contributed by atoms with van der Waals surface area (Å²) in [6, 6.07) is 8.61. The zero-order valence-corrected chi connectivity index (χ0v) is 13.1. The number of rotatable bonds is 4. The highest BCUT2D eigenvalue weighted by Gasteiger charge is 2.40. The number of aromatic nitrogens is 2. The van der Waals surface area contributed by atoms with Gasteiger partial charge in [-0.1, -0.05) is 18.2 Å². The van der Waals surface area contributed by atoms with Gasteiger partial charge in [0.25, 0.3) is 6.43 Å². The summed E-state index contributed by atoms with van der Waals surface area (Å²) in [5.74, 6) is -0.408. The average Bonchev–Trinajstić information content (AvgIpc) is 2.58. The van der Waals surface area contributed by atoms with E-state index in [4.69, 9.17) is 4.74 Å². The van der Waals surface area contributed by atoms with Crippen molar-refractivity contribution in [3.8, 4) is 5.75 Å². The van der Waals surface area contributed by atoms with E-state index in [1.165, 1.54) is 0 Å². The summed E-state index contributed by atoms with van der Waals surface area (Å²) in [6.07, 6.45) is -2.38. The fourth-order valence-electron chi connectivity index (χ4n) is 2.75. The first-order chi connectivity index (χ1) is 11.5. The number of carbonyl (C=O) groups is 1. The topological polar surface area (TPSA) is 64.1 Å². The second-order valence-corrected chi connectivity index (χ2v) is 5.65. The van der Waals surface area contributed by atoms with E-state index in [1.807, 2.05) is 0 Å². The fraction of sp³-hybridized carbons (Fsp3) is 0.353. The van der Waals surface area contributed by atoms with Crippen molar-refractivity contribution in [1.29, 1.82) is 0 Å². The number of alkyl halides is 2. The molecule has 24 heavy (non-hydrogen) atoms. The van der Waals surface area contributed by atoms with Crippen molar-refractivity contribution in [3.05, 3.63) is 53.6 Å². The molecule has 0 fully saturated rings. The van der Waals surface area contributed by atoms with Crippen LogP contribution in [0.15, 0.2) is 36.5 Å². The highest BCUT2D eigenvalue weighted by molar-refractivity contribution is 5.80. The van der Waals surface area contributed by atoms with Crippen LogP contribution in [-0.2, 0) is 17.8 Å². The summed E-state index contributed by atoms with van der Waals surface area (Å²) < 4.78 is 32.0. The molecule has 3 rings (SSSR count). The van der Waals surface area contributed by atoms with Crippen molar-refractivity contribution < 1.29 is 18.3 Å². The minimum atomic E-state index is -2.74. The van der Waals surface area contributed by atoms with Crippen LogP contribution in [0.1, 0.15) is 17.1 Å². The Morgan fingerprint density at radius 2 is 2.17 bits per heavy atom. The van der Waals surface area contributed by atoms with Gasteiger partial charge in [0.15, 0.2) is 6.10 Å². The van der Waals surface area contributed by atoms with E-state index in [2.05, 4.69) is 15.3 Å². The molecule has 1 aromatic carbocycles. The molecule has 0 radical (unpaired) electrons. The molecular weight excluding hydrogens is 316 g/mol. The normalized spacial score (nSPS) is 19.5. The van der Waals surface area contributed by atoms with E-state index in [1.54, 1.807) is 43.5 Å². The first-order valence-electron chi connectivity index (χ1n) is 7.63. The predicted molar refractivity (Wildman–Crippen MR) is 82.7 cm³/mol. The number of benzene rings is 1. The summed E-state index contributed by atoms with van der Waals surface area (Å²) in [5.41, 5.74) is 1.38. The standard InChI is InChI=1S/C17H17F2N3O2/c1-10-20-7-6-12(22-10)9-21-17(23)13-8-11-4-2-3-5-14(11)24-15(13)16(18)19/h2-7,13,15-16H,8-9H2,1H3,(H,21,23)/t13-,15-/m1/s1. The van der Waals surface area contributed by atoms with Gasteiger partial charge in [-0.25, -0.2) is 18.7 Å². The first-order valence-corrected chi connectivity index (χ1v) is 7.63. The summed E-state index contributed by atoms with van der Waals surface area (Å²) in [5, 5.41) is 2.67. The number of hydrogen-bond donors (Lipinski definition) is 1. The van der Waals surface area contributed by atoms with E-state index in [9.17, 15) is 13.6 Å². The second-order valence-electron chi connectivity index (χ2n) is 5.65. The number of carbonyl (C=O) groups excluding carboxylic acids is 1. The molecule has 0 aliphatic carbocycles. The van der Waals surface area contributed by atoms with Gasteiger partial charge in [-0.15, -0.1) is 0 Å². The maximum absolute atomic E-state index is 13.3. The van der Waals surface area contributed by atoms with Crippen LogP contribution in [0.4, 0.5) is 8.78 Å². The molecule has 0 saturated heterocycles. The Morgan fingerprint density at radius 3 is 2.92 bits per heavy atom. The molecule has 1 amide bonds. The summed E-state index contributed by atoms with van der Waals surface area (Å²) in [7, 11) is 0. The van der Waals surface area contributed by atoms with Crippen LogP contribution in [0.5, 0.6) is 5.75 Å². The molecule has 5 nitrogen and oxygen atoms in total. The summed E-state index contributed by atoms with van der Waals surface area (Å²) in [6.45, 7) is 1.90. The zero-order valence-electron chi connectivity index (χ0n) is 13.1. The van der Waals surface area contributed by atoms with Gasteiger partial charge >= 0.3 is 0 Å². The molecule has 1 aliphatic heterocycles. The fourth-order valence-corrected chi connectivity index (χ4v) is 2.75. The molecule has 7 heteroatoms. The second kappa shape index (κ2) is 6.90. The monoisotopic (exact) mass is 333 g/mol. The highest BCUT2D eigenvalue weighted by atomic mass is 19.3. The molecule has 126 valence electrons. The summed E-state index contributed by atoms with van der Waals surface area (Å²) in [4.78, 5) is 20.6. The molecule has 0 bridgehead atoms. The van der Waals surface area contributed by atoms with Crippen LogP contribution in [0.25, 0.3) is 0 Å². The Balaban J connectivity index is 1.72. The van der Waals surface area contributed by atoms with Crippen molar-refractivity contribution in [1.82, 2.24) is 15.3 Å². The van der Waals surface area contributed by atoms with Crippen molar-refractivity contribution in [2.24, 2.45) is 5.92 Å². The number of hydrogen-bond acceptors (Lipinski definition) is 4. The lowest BCUT2D eigenvalue weighted by atomic mass is 9.90. The molecular formula is C17H17F2N3O2. The number of fused-ring (bicyclic) bond motifs is 1. The Bertz CT molecular complexity index is 739. The van der Waals surface area contributed by atoms with Crippen LogP contribution >= 0.6 is 0 Å². The Hall–Kier alpha value is -2.57.